The summed E-state index contributed by atoms with van der Waals surface area (Å²) in [6.07, 6.45) is 1.45. The third-order valence-corrected chi connectivity index (χ3v) is 3.82. The number of carbonyl (C=O) groups is 1. The predicted molar refractivity (Wildman–Crippen MR) is 107 cm³/mol. The largest absolute Gasteiger partial charge is 0.416 e. The van der Waals surface area contributed by atoms with E-state index in [-0.39, 0.29) is 11.4 Å². The molecule has 3 aromatic rings. The van der Waals surface area contributed by atoms with Crippen molar-refractivity contribution < 1.29 is 14.5 Å². The van der Waals surface area contributed by atoms with Gasteiger partial charge in [0, 0.05) is 11.6 Å². The van der Waals surface area contributed by atoms with Crippen LogP contribution >= 0.6 is 0 Å². The Kier molecular flexibility index (Phi) is 5.76. The summed E-state index contributed by atoms with van der Waals surface area (Å²) >= 11 is 0. The van der Waals surface area contributed by atoms with Gasteiger partial charge in [0.2, 0.25) is 5.75 Å². The molecular formula is C21H17N3O4. The van der Waals surface area contributed by atoms with E-state index < -0.39 is 10.9 Å². The molecule has 0 aliphatic rings. The van der Waals surface area contributed by atoms with E-state index >= 15 is 0 Å². The standard InChI is InChI=1S/C21H17N3O4/c1-15-6-5-7-17(12-15)21(25)28-20-11-10-16(13-19(20)24(26)27)14-22-23-18-8-3-2-4-9-18/h2-14,23H,1H3. The number of hydrogen-bond donors (Lipinski definition) is 1. The summed E-state index contributed by atoms with van der Waals surface area (Å²) in [5.41, 5.74) is 5.01. The van der Waals surface area contributed by atoms with Gasteiger partial charge in [-0.15, -0.1) is 0 Å². The van der Waals surface area contributed by atoms with Crippen LogP contribution < -0.4 is 10.2 Å². The van der Waals surface area contributed by atoms with Gasteiger partial charge in [-0.2, -0.15) is 5.10 Å². The zero-order valence-corrected chi connectivity index (χ0v) is 15.0. The molecule has 0 amide bonds. The molecule has 0 radical (unpaired) electrons. The Morgan fingerprint density at radius 3 is 2.57 bits per heavy atom. The van der Waals surface area contributed by atoms with E-state index in [1.807, 2.05) is 43.3 Å². The summed E-state index contributed by atoms with van der Waals surface area (Å²) in [4.78, 5) is 23.1. The van der Waals surface area contributed by atoms with E-state index in [1.54, 1.807) is 24.3 Å². The SMILES string of the molecule is Cc1cccc(C(=O)Oc2ccc(C=NNc3ccccc3)cc2[N+](=O)[O-])c1. The fourth-order valence-corrected chi connectivity index (χ4v) is 2.47. The van der Waals surface area contributed by atoms with Crippen molar-refractivity contribution in [3.05, 3.63) is 99.6 Å². The fourth-order valence-electron chi connectivity index (χ4n) is 2.47. The van der Waals surface area contributed by atoms with Crippen molar-refractivity contribution in [3.8, 4) is 5.75 Å². The number of esters is 1. The Morgan fingerprint density at radius 2 is 1.86 bits per heavy atom. The molecule has 0 aliphatic heterocycles. The number of nitro benzene ring substituents is 1. The second-order valence-electron chi connectivity index (χ2n) is 5.98. The number of hydrogen-bond acceptors (Lipinski definition) is 6. The van der Waals surface area contributed by atoms with Crippen LogP contribution in [0.4, 0.5) is 11.4 Å². The highest BCUT2D eigenvalue weighted by atomic mass is 16.6. The van der Waals surface area contributed by atoms with E-state index in [0.717, 1.165) is 11.3 Å². The first-order chi connectivity index (χ1) is 13.5. The minimum atomic E-state index is -0.654. The van der Waals surface area contributed by atoms with Crippen molar-refractivity contribution >= 4 is 23.6 Å². The molecule has 140 valence electrons. The Labute approximate surface area is 161 Å². The van der Waals surface area contributed by atoms with Gasteiger partial charge in [0.1, 0.15) is 0 Å². The highest BCUT2D eigenvalue weighted by Crippen LogP contribution is 2.28. The van der Waals surface area contributed by atoms with Gasteiger partial charge in [0.15, 0.2) is 0 Å². The molecule has 1 N–H and O–H groups in total. The van der Waals surface area contributed by atoms with Gasteiger partial charge in [-0.05, 0) is 43.3 Å². The lowest BCUT2D eigenvalue weighted by atomic mass is 10.1. The number of para-hydroxylation sites is 1. The quantitative estimate of drug-likeness (QED) is 0.224. The van der Waals surface area contributed by atoms with Crippen LogP contribution in [0.15, 0.2) is 77.9 Å². The molecule has 3 rings (SSSR count). The van der Waals surface area contributed by atoms with E-state index in [2.05, 4.69) is 10.5 Å². The molecule has 0 saturated heterocycles. The molecule has 7 nitrogen and oxygen atoms in total. The average Bonchev–Trinajstić information content (AvgIpc) is 2.69. The minimum Gasteiger partial charge on any atom is -0.416 e. The summed E-state index contributed by atoms with van der Waals surface area (Å²) in [5, 5.41) is 15.5. The third kappa shape index (κ3) is 4.79. The zero-order valence-electron chi connectivity index (χ0n) is 15.0. The predicted octanol–water partition coefficient (Wildman–Crippen LogP) is 4.57. The Bertz CT molecular complexity index is 1030. The summed E-state index contributed by atoms with van der Waals surface area (Å²) in [6, 6.07) is 20.4. The van der Waals surface area contributed by atoms with Gasteiger partial charge in [-0.3, -0.25) is 15.5 Å². The molecule has 0 spiro atoms. The second kappa shape index (κ2) is 8.59. The first kappa shape index (κ1) is 18.8. The van der Waals surface area contributed by atoms with Crippen LogP contribution in [0.5, 0.6) is 5.75 Å². The number of carbonyl (C=O) groups excluding carboxylic acids is 1. The number of aryl methyl sites for hydroxylation is 1. The van der Waals surface area contributed by atoms with E-state index in [9.17, 15) is 14.9 Å². The first-order valence-electron chi connectivity index (χ1n) is 8.44. The maximum atomic E-state index is 12.3. The summed E-state index contributed by atoms with van der Waals surface area (Å²) in [7, 11) is 0. The zero-order chi connectivity index (χ0) is 19.9. The molecule has 3 aromatic carbocycles. The molecule has 28 heavy (non-hydrogen) atoms. The highest BCUT2D eigenvalue weighted by Gasteiger charge is 2.19. The Morgan fingerprint density at radius 1 is 1.07 bits per heavy atom. The lowest BCUT2D eigenvalue weighted by Gasteiger charge is -2.06. The number of ether oxygens (including phenoxy) is 1. The van der Waals surface area contributed by atoms with Crippen molar-refractivity contribution in [2.45, 2.75) is 6.92 Å². The molecule has 0 aliphatic carbocycles. The van der Waals surface area contributed by atoms with Crippen LogP contribution in [0.3, 0.4) is 0 Å². The molecule has 0 saturated carbocycles. The maximum Gasteiger partial charge on any atom is 0.343 e. The normalized spacial score (nSPS) is 10.6. The van der Waals surface area contributed by atoms with Crippen LogP contribution in [0.1, 0.15) is 21.5 Å². The van der Waals surface area contributed by atoms with Gasteiger partial charge in [-0.25, -0.2) is 4.79 Å². The van der Waals surface area contributed by atoms with Crippen molar-refractivity contribution in [2.75, 3.05) is 5.43 Å². The number of hydrazone groups is 1. The molecule has 0 fully saturated rings. The number of rotatable bonds is 6. The van der Waals surface area contributed by atoms with Crippen LogP contribution in [0.2, 0.25) is 0 Å². The number of nitrogens with one attached hydrogen (secondary N) is 1. The lowest BCUT2D eigenvalue weighted by molar-refractivity contribution is -0.385. The summed E-state index contributed by atoms with van der Waals surface area (Å²) < 4.78 is 5.24. The van der Waals surface area contributed by atoms with Crippen molar-refractivity contribution in [1.82, 2.24) is 0 Å². The molecule has 0 unspecified atom stereocenters. The van der Waals surface area contributed by atoms with Crippen LogP contribution in [0, 0.1) is 17.0 Å². The van der Waals surface area contributed by atoms with Gasteiger partial charge in [-0.1, -0.05) is 35.9 Å². The molecule has 0 heterocycles. The number of benzene rings is 3. The van der Waals surface area contributed by atoms with Crippen molar-refractivity contribution in [3.63, 3.8) is 0 Å². The Hall–Kier alpha value is -4.00. The summed E-state index contributed by atoms with van der Waals surface area (Å²) in [6.45, 7) is 1.84. The smallest absolute Gasteiger partial charge is 0.343 e. The van der Waals surface area contributed by atoms with E-state index in [1.165, 1.54) is 18.3 Å². The van der Waals surface area contributed by atoms with Gasteiger partial charge >= 0.3 is 11.7 Å². The topological polar surface area (TPSA) is 93.8 Å². The molecule has 7 heteroatoms. The first-order valence-corrected chi connectivity index (χ1v) is 8.44. The fraction of sp³-hybridized carbons (Fsp3) is 0.0476. The second-order valence-corrected chi connectivity index (χ2v) is 5.98. The monoisotopic (exact) mass is 375 g/mol. The average molecular weight is 375 g/mol. The molecule has 0 atom stereocenters. The minimum absolute atomic E-state index is 0.121. The molecular weight excluding hydrogens is 358 g/mol. The van der Waals surface area contributed by atoms with Crippen LogP contribution in [-0.2, 0) is 0 Å². The third-order valence-electron chi connectivity index (χ3n) is 3.82. The molecule has 0 bridgehead atoms. The number of nitro groups is 1. The van der Waals surface area contributed by atoms with Gasteiger partial charge < -0.3 is 4.74 Å². The summed E-state index contributed by atoms with van der Waals surface area (Å²) in [5.74, 6) is -0.774. The van der Waals surface area contributed by atoms with E-state index in [4.69, 9.17) is 4.74 Å². The van der Waals surface area contributed by atoms with Crippen LogP contribution in [-0.4, -0.2) is 17.1 Å². The number of nitrogens with zero attached hydrogens (tertiary/aromatic N) is 2. The van der Waals surface area contributed by atoms with E-state index in [0.29, 0.717) is 11.1 Å². The van der Waals surface area contributed by atoms with Crippen molar-refractivity contribution in [1.29, 1.82) is 0 Å². The molecule has 0 aromatic heterocycles. The number of anilines is 1. The van der Waals surface area contributed by atoms with Crippen molar-refractivity contribution in [2.24, 2.45) is 5.10 Å². The lowest BCUT2D eigenvalue weighted by Crippen LogP contribution is -2.10. The highest BCUT2D eigenvalue weighted by molar-refractivity contribution is 5.92. The van der Waals surface area contributed by atoms with Gasteiger partial charge in [0.05, 0.1) is 22.4 Å². The van der Waals surface area contributed by atoms with Gasteiger partial charge in [0.25, 0.3) is 0 Å². The van der Waals surface area contributed by atoms with Crippen LogP contribution in [0.25, 0.3) is 0 Å². The Balaban J connectivity index is 1.77. The maximum absolute atomic E-state index is 12.3.